The van der Waals surface area contributed by atoms with Crippen LogP contribution in [0.2, 0.25) is 0 Å². The van der Waals surface area contributed by atoms with Gasteiger partial charge in [-0.15, -0.1) is 0 Å². The van der Waals surface area contributed by atoms with Crippen molar-refractivity contribution in [3.05, 3.63) is 82.8 Å². The van der Waals surface area contributed by atoms with Crippen molar-refractivity contribution >= 4 is 23.3 Å². The molecule has 0 fully saturated rings. The van der Waals surface area contributed by atoms with Crippen LogP contribution in [0.5, 0.6) is 0 Å². The minimum atomic E-state index is -1.76. The Hall–Kier alpha value is -4.05. The molecule has 2 heterocycles. The third-order valence-corrected chi connectivity index (χ3v) is 4.98. The molecule has 0 saturated carbocycles. The van der Waals surface area contributed by atoms with Crippen LogP contribution in [-0.4, -0.2) is 18.5 Å². The molecule has 29 heavy (non-hydrogen) atoms. The second kappa shape index (κ2) is 6.84. The second-order valence-electron chi connectivity index (χ2n) is 6.49. The summed E-state index contributed by atoms with van der Waals surface area (Å²) in [6, 6.07) is 17.7. The highest BCUT2D eigenvalue weighted by molar-refractivity contribution is 6.19. The molecule has 2 aliphatic heterocycles. The zero-order valence-electron chi connectivity index (χ0n) is 15.6. The molecule has 2 aliphatic rings. The number of para-hydroxylation sites is 1. The maximum absolute atomic E-state index is 13.4. The van der Waals surface area contributed by atoms with E-state index in [4.69, 9.17) is 15.2 Å². The third kappa shape index (κ3) is 2.50. The van der Waals surface area contributed by atoms with Gasteiger partial charge >= 0.3 is 5.97 Å². The molecule has 0 bridgehead atoms. The Morgan fingerprint density at radius 2 is 1.90 bits per heavy atom. The Morgan fingerprint density at radius 1 is 1.21 bits per heavy atom. The van der Waals surface area contributed by atoms with Gasteiger partial charge in [-0.25, -0.2) is 4.79 Å². The molecule has 0 unspecified atom stereocenters. The van der Waals surface area contributed by atoms with Crippen LogP contribution in [-0.2, 0) is 24.5 Å². The monoisotopic (exact) mass is 387 g/mol. The molecule has 7 heteroatoms. The van der Waals surface area contributed by atoms with Crippen molar-refractivity contribution in [2.24, 2.45) is 5.73 Å². The molecule has 1 atom stereocenters. The average molecular weight is 387 g/mol. The smallest absolute Gasteiger partial charge is 0.339 e. The number of ether oxygens (including phenoxy) is 2. The molecule has 1 amide bonds. The van der Waals surface area contributed by atoms with Gasteiger partial charge in [0.25, 0.3) is 0 Å². The number of carbonyl (C=O) groups is 2. The second-order valence-corrected chi connectivity index (χ2v) is 6.49. The largest absolute Gasteiger partial charge is 0.462 e. The van der Waals surface area contributed by atoms with Crippen LogP contribution >= 0.6 is 0 Å². The number of carbonyl (C=O) groups excluding carboxylic acids is 2. The van der Waals surface area contributed by atoms with Crippen molar-refractivity contribution in [3.63, 3.8) is 0 Å². The van der Waals surface area contributed by atoms with Gasteiger partial charge in [0.05, 0.1) is 6.61 Å². The molecule has 2 aromatic carbocycles. The lowest BCUT2D eigenvalue weighted by atomic mass is 9.67. The molecule has 7 nitrogen and oxygen atoms in total. The maximum Gasteiger partial charge on any atom is 0.339 e. The number of fused-ring (bicyclic) bond motifs is 2. The Labute approximate surface area is 167 Å². The first-order valence-electron chi connectivity index (χ1n) is 9.02. The molecule has 144 valence electrons. The van der Waals surface area contributed by atoms with E-state index in [1.165, 1.54) is 0 Å². The molecule has 3 N–H and O–H groups in total. The predicted molar refractivity (Wildman–Crippen MR) is 105 cm³/mol. The zero-order chi connectivity index (χ0) is 20.6. The van der Waals surface area contributed by atoms with Gasteiger partial charge in [-0.2, -0.15) is 5.26 Å². The van der Waals surface area contributed by atoms with E-state index >= 15 is 0 Å². The van der Waals surface area contributed by atoms with Gasteiger partial charge in [-0.05, 0) is 13.0 Å². The molecule has 0 radical (unpaired) electrons. The normalized spacial score (nSPS) is 20.1. The summed E-state index contributed by atoms with van der Waals surface area (Å²) in [4.78, 5) is 26.5. The van der Waals surface area contributed by atoms with E-state index in [2.05, 4.69) is 5.32 Å². The van der Waals surface area contributed by atoms with E-state index in [0.717, 1.165) is 0 Å². The standard InChI is InChI=1S/C22H17N3O4/c1-2-28-20(26)17-18(13-8-4-3-5-9-13)29-19(24)15(12-23)22(17)14-10-6-7-11-16(14)25-21(22)27/h3-11H,2,24H2,1H3,(H,25,27)/t22-/m1/s1. The molecule has 0 aromatic heterocycles. The number of nitrogens with two attached hydrogens (primary N) is 1. The van der Waals surface area contributed by atoms with Gasteiger partial charge in [0.1, 0.15) is 23.0 Å². The highest BCUT2D eigenvalue weighted by Gasteiger charge is 2.60. The lowest BCUT2D eigenvalue weighted by molar-refractivity contribution is -0.140. The van der Waals surface area contributed by atoms with Crippen molar-refractivity contribution in [2.45, 2.75) is 12.3 Å². The molecule has 2 aromatic rings. The van der Waals surface area contributed by atoms with E-state index in [1.807, 2.05) is 12.1 Å². The van der Waals surface area contributed by atoms with Gasteiger partial charge in [-0.1, -0.05) is 48.5 Å². The summed E-state index contributed by atoms with van der Waals surface area (Å²) < 4.78 is 11.0. The maximum atomic E-state index is 13.4. The van der Waals surface area contributed by atoms with Crippen LogP contribution in [0.1, 0.15) is 18.1 Å². The fourth-order valence-electron chi connectivity index (χ4n) is 3.83. The first kappa shape index (κ1) is 18.3. The van der Waals surface area contributed by atoms with Crippen LogP contribution in [0.3, 0.4) is 0 Å². The SMILES string of the molecule is CCOC(=O)C1=C(c2ccccc2)OC(N)=C(C#N)[C@@]12C(=O)Nc1ccccc12. The van der Waals surface area contributed by atoms with Crippen molar-refractivity contribution in [2.75, 3.05) is 11.9 Å². The summed E-state index contributed by atoms with van der Waals surface area (Å²) >= 11 is 0. The summed E-state index contributed by atoms with van der Waals surface area (Å²) in [5.74, 6) is -1.45. The highest BCUT2D eigenvalue weighted by Crippen LogP contribution is 2.53. The number of anilines is 1. The number of esters is 1. The molecule has 4 rings (SSSR count). The lowest BCUT2D eigenvalue weighted by Crippen LogP contribution is -2.45. The van der Waals surface area contributed by atoms with Crippen LogP contribution in [0.25, 0.3) is 5.76 Å². The van der Waals surface area contributed by atoms with Gasteiger partial charge in [-0.3, -0.25) is 4.79 Å². The topological polar surface area (TPSA) is 114 Å². The number of nitrogens with zero attached hydrogens (tertiary/aromatic N) is 1. The summed E-state index contributed by atoms with van der Waals surface area (Å²) in [5.41, 5.74) is 5.59. The van der Waals surface area contributed by atoms with Crippen LogP contribution in [0.4, 0.5) is 5.69 Å². The molecule has 1 spiro atoms. The molecular formula is C22H17N3O4. The number of amides is 1. The summed E-state index contributed by atoms with van der Waals surface area (Å²) in [6.07, 6.45) is 0. The minimum Gasteiger partial charge on any atom is -0.462 e. The number of hydrogen-bond acceptors (Lipinski definition) is 6. The number of rotatable bonds is 3. The fraction of sp³-hybridized carbons (Fsp3) is 0.136. The van der Waals surface area contributed by atoms with Crippen molar-refractivity contribution < 1.29 is 19.1 Å². The molecular weight excluding hydrogens is 370 g/mol. The van der Waals surface area contributed by atoms with Crippen molar-refractivity contribution in [3.8, 4) is 6.07 Å². The average Bonchev–Trinajstić information content (AvgIpc) is 3.01. The van der Waals surface area contributed by atoms with Gasteiger partial charge in [0.2, 0.25) is 11.8 Å². The number of nitriles is 1. The summed E-state index contributed by atoms with van der Waals surface area (Å²) in [5, 5.41) is 12.7. The minimum absolute atomic E-state index is 0.0706. The van der Waals surface area contributed by atoms with Crippen LogP contribution in [0.15, 0.2) is 71.6 Å². The van der Waals surface area contributed by atoms with Crippen LogP contribution in [0, 0.1) is 11.3 Å². The highest BCUT2D eigenvalue weighted by atomic mass is 16.5. The Kier molecular flexibility index (Phi) is 4.32. The van der Waals surface area contributed by atoms with E-state index in [1.54, 1.807) is 55.5 Å². The van der Waals surface area contributed by atoms with E-state index in [-0.39, 0.29) is 29.4 Å². The Balaban J connectivity index is 2.13. The summed E-state index contributed by atoms with van der Waals surface area (Å²) in [6.45, 7) is 1.75. The number of nitrogens with one attached hydrogen (secondary N) is 1. The third-order valence-electron chi connectivity index (χ3n) is 4.98. The molecule has 0 saturated heterocycles. The van der Waals surface area contributed by atoms with E-state index < -0.39 is 17.3 Å². The van der Waals surface area contributed by atoms with Gasteiger partial charge in [0, 0.05) is 16.8 Å². The van der Waals surface area contributed by atoms with Gasteiger partial charge in [0.15, 0.2) is 5.41 Å². The fourth-order valence-corrected chi connectivity index (χ4v) is 3.83. The number of benzene rings is 2. The van der Waals surface area contributed by atoms with E-state index in [0.29, 0.717) is 16.8 Å². The van der Waals surface area contributed by atoms with Crippen molar-refractivity contribution in [1.29, 1.82) is 5.26 Å². The first-order chi connectivity index (χ1) is 14.1. The Morgan fingerprint density at radius 3 is 2.59 bits per heavy atom. The van der Waals surface area contributed by atoms with Gasteiger partial charge < -0.3 is 20.5 Å². The number of hydrogen-bond donors (Lipinski definition) is 2. The lowest BCUT2D eigenvalue weighted by Gasteiger charge is -2.34. The molecule has 0 aliphatic carbocycles. The Bertz CT molecular complexity index is 1130. The predicted octanol–water partition coefficient (Wildman–Crippen LogP) is 2.57. The van der Waals surface area contributed by atoms with Crippen molar-refractivity contribution in [1.82, 2.24) is 0 Å². The zero-order valence-corrected chi connectivity index (χ0v) is 15.6. The summed E-state index contributed by atoms with van der Waals surface area (Å²) in [7, 11) is 0. The van der Waals surface area contributed by atoms with E-state index in [9.17, 15) is 14.9 Å². The van der Waals surface area contributed by atoms with Crippen LogP contribution < -0.4 is 11.1 Å². The quantitative estimate of drug-likeness (QED) is 0.783. The first-order valence-corrected chi connectivity index (χ1v) is 9.02.